The maximum absolute atomic E-state index is 12.6. The maximum atomic E-state index is 12.6. The molecule has 0 N–H and O–H groups in total. The van der Waals surface area contributed by atoms with Crippen LogP contribution in [0.2, 0.25) is 0 Å². The third-order valence-electron chi connectivity index (χ3n) is 3.56. The third kappa shape index (κ3) is 3.52. The Morgan fingerprint density at radius 3 is 2.95 bits per heavy atom. The molecule has 1 aromatic carbocycles. The molecular weight excluding hydrogens is 350 g/mol. The minimum Gasteiger partial charge on any atom is -0.468 e. The summed E-state index contributed by atoms with van der Waals surface area (Å²) in [6, 6.07) is 11.5. The van der Waals surface area contributed by atoms with E-state index in [0.717, 1.165) is 41.1 Å². The van der Waals surface area contributed by atoms with Gasteiger partial charge in [-0.05, 0) is 36.8 Å². The van der Waals surface area contributed by atoms with E-state index < -0.39 is 0 Å². The summed E-state index contributed by atoms with van der Waals surface area (Å²) in [5.74, 6) is 2.05. The second-order valence-corrected chi connectivity index (χ2v) is 7.19. The van der Waals surface area contributed by atoms with E-state index in [2.05, 4.69) is 15.9 Å². The lowest BCUT2D eigenvalue weighted by Gasteiger charge is -2.20. The van der Waals surface area contributed by atoms with E-state index in [4.69, 9.17) is 4.42 Å². The molecule has 0 aliphatic carbocycles. The van der Waals surface area contributed by atoms with Gasteiger partial charge in [0.15, 0.2) is 0 Å². The van der Waals surface area contributed by atoms with Gasteiger partial charge in [0.1, 0.15) is 5.76 Å². The first-order valence-electron chi connectivity index (χ1n) is 6.94. The lowest BCUT2D eigenvalue weighted by Crippen LogP contribution is -2.32. The van der Waals surface area contributed by atoms with Crippen LogP contribution in [0.5, 0.6) is 0 Å². The van der Waals surface area contributed by atoms with Crippen molar-refractivity contribution in [3.63, 3.8) is 0 Å². The highest BCUT2D eigenvalue weighted by Crippen LogP contribution is 2.34. The van der Waals surface area contributed by atoms with Crippen LogP contribution in [-0.2, 0) is 0 Å². The number of benzene rings is 1. The molecule has 0 spiro atoms. The van der Waals surface area contributed by atoms with Gasteiger partial charge >= 0.3 is 0 Å². The van der Waals surface area contributed by atoms with E-state index in [1.54, 1.807) is 6.26 Å². The zero-order valence-electron chi connectivity index (χ0n) is 11.5. The number of thioether (sulfide) groups is 1. The topological polar surface area (TPSA) is 33.5 Å². The Balaban J connectivity index is 1.69. The van der Waals surface area contributed by atoms with E-state index in [1.807, 2.05) is 53.1 Å². The van der Waals surface area contributed by atoms with Crippen LogP contribution in [0.3, 0.4) is 0 Å². The van der Waals surface area contributed by atoms with Crippen molar-refractivity contribution in [1.29, 1.82) is 0 Å². The first-order valence-corrected chi connectivity index (χ1v) is 8.78. The highest BCUT2D eigenvalue weighted by molar-refractivity contribution is 9.10. The Bertz CT molecular complexity index is 614. The lowest BCUT2D eigenvalue weighted by molar-refractivity contribution is 0.0766. The van der Waals surface area contributed by atoms with Crippen LogP contribution in [0.15, 0.2) is 51.6 Å². The quantitative estimate of drug-likeness (QED) is 0.792. The molecule has 1 saturated heterocycles. The number of rotatable bonds is 2. The van der Waals surface area contributed by atoms with Gasteiger partial charge in [-0.2, -0.15) is 0 Å². The summed E-state index contributed by atoms with van der Waals surface area (Å²) in [6.07, 6.45) is 2.64. The lowest BCUT2D eigenvalue weighted by atomic mass is 10.2. The summed E-state index contributed by atoms with van der Waals surface area (Å²) in [5, 5.41) is 0.348. The first kappa shape index (κ1) is 14.7. The molecule has 110 valence electrons. The molecule has 1 fully saturated rings. The molecule has 21 heavy (non-hydrogen) atoms. The average Bonchev–Trinajstić information content (AvgIpc) is 2.91. The van der Waals surface area contributed by atoms with E-state index >= 15 is 0 Å². The molecule has 2 heterocycles. The van der Waals surface area contributed by atoms with Crippen molar-refractivity contribution >= 4 is 33.6 Å². The third-order valence-corrected chi connectivity index (χ3v) is 5.34. The average molecular weight is 366 g/mol. The number of carbonyl (C=O) groups is 1. The number of carbonyl (C=O) groups excluding carboxylic acids is 1. The highest BCUT2D eigenvalue weighted by atomic mass is 79.9. The summed E-state index contributed by atoms with van der Waals surface area (Å²) in [7, 11) is 0. The summed E-state index contributed by atoms with van der Waals surface area (Å²) >= 11 is 5.28. The second-order valence-electron chi connectivity index (χ2n) is 4.97. The Morgan fingerprint density at radius 1 is 1.29 bits per heavy atom. The summed E-state index contributed by atoms with van der Waals surface area (Å²) in [5.41, 5.74) is 0.742. The summed E-state index contributed by atoms with van der Waals surface area (Å²) < 4.78 is 6.43. The minimum absolute atomic E-state index is 0.108. The van der Waals surface area contributed by atoms with Crippen LogP contribution < -0.4 is 0 Å². The Labute approximate surface area is 136 Å². The number of nitrogens with zero attached hydrogens (tertiary/aromatic N) is 1. The molecule has 1 aliphatic heterocycles. The van der Waals surface area contributed by atoms with Crippen LogP contribution >= 0.6 is 27.7 Å². The number of furan rings is 1. The highest BCUT2D eigenvalue weighted by Gasteiger charge is 2.24. The van der Waals surface area contributed by atoms with Crippen LogP contribution in [0, 0.1) is 0 Å². The standard InChI is InChI=1S/C16H16BrNO2S/c17-13-4-1-3-12(11-13)16(19)18-7-6-15(21-10-8-18)14-5-2-9-20-14/h1-5,9,11,15H,6-8,10H2. The minimum atomic E-state index is 0.108. The van der Waals surface area contributed by atoms with Crippen molar-refractivity contribution in [2.75, 3.05) is 18.8 Å². The smallest absolute Gasteiger partial charge is 0.253 e. The van der Waals surface area contributed by atoms with Crippen molar-refractivity contribution in [2.45, 2.75) is 11.7 Å². The molecule has 5 heteroatoms. The second kappa shape index (κ2) is 6.71. The molecule has 0 bridgehead atoms. The SMILES string of the molecule is O=C(c1cccc(Br)c1)N1CCSC(c2ccco2)CC1. The predicted molar refractivity (Wildman–Crippen MR) is 88.6 cm³/mol. The van der Waals surface area contributed by atoms with Gasteiger partial charge in [0.05, 0.1) is 11.5 Å². The Hall–Kier alpha value is -1.20. The molecule has 0 saturated carbocycles. The van der Waals surface area contributed by atoms with Crippen LogP contribution in [-0.4, -0.2) is 29.6 Å². The van der Waals surface area contributed by atoms with Gasteiger partial charge in [0.25, 0.3) is 5.91 Å². The van der Waals surface area contributed by atoms with Gasteiger partial charge < -0.3 is 9.32 Å². The van der Waals surface area contributed by atoms with Gasteiger partial charge in [-0.25, -0.2) is 0 Å². The van der Waals surface area contributed by atoms with Gasteiger partial charge in [-0.3, -0.25) is 4.79 Å². The van der Waals surface area contributed by atoms with Crippen molar-refractivity contribution in [3.05, 3.63) is 58.5 Å². The van der Waals surface area contributed by atoms with E-state index in [9.17, 15) is 4.79 Å². The van der Waals surface area contributed by atoms with Crippen molar-refractivity contribution in [2.24, 2.45) is 0 Å². The molecule has 3 nitrogen and oxygen atoms in total. The molecule has 1 aliphatic rings. The molecule has 1 amide bonds. The van der Waals surface area contributed by atoms with Crippen LogP contribution in [0.4, 0.5) is 0 Å². The zero-order valence-corrected chi connectivity index (χ0v) is 13.9. The summed E-state index contributed by atoms with van der Waals surface area (Å²) in [4.78, 5) is 14.5. The molecule has 1 aromatic heterocycles. The largest absolute Gasteiger partial charge is 0.468 e. The fourth-order valence-electron chi connectivity index (χ4n) is 2.48. The monoisotopic (exact) mass is 365 g/mol. The van der Waals surface area contributed by atoms with Crippen LogP contribution in [0.1, 0.15) is 27.8 Å². The molecule has 2 aromatic rings. The van der Waals surface area contributed by atoms with Gasteiger partial charge in [0, 0.05) is 28.9 Å². The Kier molecular flexibility index (Phi) is 4.70. The normalized spacial score (nSPS) is 19.3. The molecule has 1 atom stereocenters. The van der Waals surface area contributed by atoms with E-state index in [0.29, 0.717) is 5.25 Å². The number of hydrogen-bond acceptors (Lipinski definition) is 3. The van der Waals surface area contributed by atoms with Gasteiger partial charge in [-0.15, -0.1) is 11.8 Å². The molecular formula is C16H16BrNO2S. The number of amides is 1. The first-order chi connectivity index (χ1) is 10.2. The van der Waals surface area contributed by atoms with E-state index in [-0.39, 0.29) is 5.91 Å². The van der Waals surface area contributed by atoms with Gasteiger partial charge in [-0.1, -0.05) is 22.0 Å². The van der Waals surface area contributed by atoms with Gasteiger partial charge in [0.2, 0.25) is 0 Å². The van der Waals surface area contributed by atoms with Crippen molar-refractivity contribution in [1.82, 2.24) is 4.90 Å². The van der Waals surface area contributed by atoms with Crippen LogP contribution in [0.25, 0.3) is 0 Å². The maximum Gasteiger partial charge on any atom is 0.253 e. The summed E-state index contributed by atoms with van der Waals surface area (Å²) in [6.45, 7) is 1.55. The Morgan fingerprint density at radius 2 is 2.19 bits per heavy atom. The number of halogens is 1. The predicted octanol–water partition coefficient (Wildman–Crippen LogP) is 4.36. The zero-order chi connectivity index (χ0) is 14.7. The molecule has 0 radical (unpaired) electrons. The van der Waals surface area contributed by atoms with Crippen molar-refractivity contribution < 1.29 is 9.21 Å². The molecule has 3 rings (SSSR count). The van der Waals surface area contributed by atoms with E-state index in [1.165, 1.54) is 0 Å². The fourth-order valence-corrected chi connectivity index (χ4v) is 4.06. The fraction of sp³-hybridized carbons (Fsp3) is 0.312. The number of hydrogen-bond donors (Lipinski definition) is 0. The van der Waals surface area contributed by atoms with Crippen molar-refractivity contribution in [3.8, 4) is 0 Å². The molecule has 1 unspecified atom stereocenters.